The van der Waals surface area contributed by atoms with Crippen molar-refractivity contribution >= 4 is 17.5 Å². The monoisotopic (exact) mass is 380 g/mol. The lowest BCUT2D eigenvalue weighted by atomic mass is 9.63. The molecule has 150 valence electrons. The van der Waals surface area contributed by atoms with Crippen molar-refractivity contribution in [2.45, 2.75) is 65.2 Å². The predicted octanol–water partition coefficient (Wildman–Crippen LogP) is 5.68. The summed E-state index contributed by atoms with van der Waals surface area (Å²) in [6.07, 6.45) is 3.98. The van der Waals surface area contributed by atoms with Gasteiger partial charge in [-0.25, -0.2) is 9.78 Å². The molecule has 1 aliphatic rings. The van der Waals surface area contributed by atoms with Crippen molar-refractivity contribution in [1.82, 2.24) is 4.98 Å². The maximum atomic E-state index is 11.7. The van der Waals surface area contributed by atoms with E-state index in [1.807, 2.05) is 6.07 Å². The van der Waals surface area contributed by atoms with Crippen LogP contribution in [0, 0.1) is 6.92 Å². The number of methoxy groups -OCH3 is 1. The topological polar surface area (TPSA) is 42.4 Å². The number of nitrogens with zero attached hydrogens (tertiary/aromatic N) is 2. The van der Waals surface area contributed by atoms with Gasteiger partial charge < -0.3 is 9.64 Å². The Hall–Kier alpha value is -2.36. The number of pyridine rings is 1. The molecule has 4 heteroatoms. The molecule has 1 aliphatic carbocycles. The average molecular weight is 381 g/mol. The molecule has 0 fully saturated rings. The van der Waals surface area contributed by atoms with E-state index >= 15 is 0 Å². The quantitative estimate of drug-likeness (QED) is 0.640. The van der Waals surface area contributed by atoms with Crippen LogP contribution in [-0.4, -0.2) is 24.6 Å². The summed E-state index contributed by atoms with van der Waals surface area (Å²) >= 11 is 0. The largest absolute Gasteiger partial charge is 0.465 e. The molecular weight excluding hydrogens is 348 g/mol. The van der Waals surface area contributed by atoms with E-state index in [1.54, 1.807) is 12.3 Å². The number of aromatic nitrogens is 1. The van der Waals surface area contributed by atoms with E-state index < -0.39 is 0 Å². The molecule has 0 radical (unpaired) electrons. The van der Waals surface area contributed by atoms with Crippen LogP contribution in [0.4, 0.5) is 11.5 Å². The van der Waals surface area contributed by atoms with Gasteiger partial charge in [-0.3, -0.25) is 0 Å². The first-order chi connectivity index (χ1) is 13.1. The van der Waals surface area contributed by atoms with E-state index in [-0.39, 0.29) is 16.8 Å². The van der Waals surface area contributed by atoms with Crippen molar-refractivity contribution in [3.8, 4) is 0 Å². The second-order valence-corrected chi connectivity index (χ2v) is 9.09. The van der Waals surface area contributed by atoms with Gasteiger partial charge in [0, 0.05) is 18.4 Å². The van der Waals surface area contributed by atoms with Gasteiger partial charge in [-0.15, -0.1) is 0 Å². The van der Waals surface area contributed by atoms with Gasteiger partial charge in [-0.05, 0) is 72.4 Å². The van der Waals surface area contributed by atoms with Crippen molar-refractivity contribution in [1.29, 1.82) is 0 Å². The van der Waals surface area contributed by atoms with E-state index in [2.05, 4.69) is 63.6 Å². The van der Waals surface area contributed by atoms with Gasteiger partial charge in [-0.2, -0.15) is 0 Å². The van der Waals surface area contributed by atoms with E-state index in [4.69, 9.17) is 4.74 Å². The molecule has 0 unspecified atom stereocenters. The molecule has 0 spiro atoms. The molecule has 4 nitrogen and oxygen atoms in total. The first kappa shape index (κ1) is 20.4. The van der Waals surface area contributed by atoms with Gasteiger partial charge in [0.15, 0.2) is 0 Å². The standard InChI is InChI=1S/C24H32N2O2/c1-8-26(21-10-9-17(15-25-21)22(27)28-7)20-14-19-18(13-16(20)2)23(3,4)11-12-24(19,5)6/h9-10,13-15H,8,11-12H2,1-7H3. The third kappa shape index (κ3) is 3.52. The van der Waals surface area contributed by atoms with Gasteiger partial charge in [-0.1, -0.05) is 33.8 Å². The third-order valence-electron chi connectivity index (χ3n) is 6.22. The van der Waals surface area contributed by atoms with Gasteiger partial charge in [0.05, 0.1) is 12.7 Å². The van der Waals surface area contributed by atoms with Crippen LogP contribution < -0.4 is 4.90 Å². The van der Waals surface area contributed by atoms with Gasteiger partial charge in [0.2, 0.25) is 0 Å². The Morgan fingerprint density at radius 1 is 1.11 bits per heavy atom. The fourth-order valence-corrected chi connectivity index (χ4v) is 4.24. The summed E-state index contributed by atoms with van der Waals surface area (Å²) < 4.78 is 4.78. The van der Waals surface area contributed by atoms with E-state index in [0.717, 1.165) is 12.4 Å². The van der Waals surface area contributed by atoms with Crippen LogP contribution >= 0.6 is 0 Å². The van der Waals surface area contributed by atoms with Gasteiger partial charge >= 0.3 is 5.97 Å². The molecule has 0 amide bonds. The smallest absolute Gasteiger partial charge is 0.339 e. The molecule has 0 bridgehead atoms. The lowest BCUT2D eigenvalue weighted by Gasteiger charge is -2.43. The number of esters is 1. The molecular formula is C24H32N2O2. The van der Waals surface area contributed by atoms with Gasteiger partial charge in [0.1, 0.15) is 5.82 Å². The lowest BCUT2D eigenvalue weighted by molar-refractivity contribution is 0.0600. The fraction of sp³-hybridized carbons (Fsp3) is 0.500. The van der Waals surface area contributed by atoms with E-state index in [0.29, 0.717) is 5.56 Å². The molecule has 1 heterocycles. The number of hydrogen-bond donors (Lipinski definition) is 0. The van der Waals surface area contributed by atoms with Crippen LogP contribution in [0.2, 0.25) is 0 Å². The van der Waals surface area contributed by atoms with E-state index in [9.17, 15) is 4.79 Å². The van der Waals surface area contributed by atoms with Crippen LogP contribution in [0.15, 0.2) is 30.5 Å². The Morgan fingerprint density at radius 2 is 1.71 bits per heavy atom. The van der Waals surface area contributed by atoms with Crippen molar-refractivity contribution in [2.75, 3.05) is 18.6 Å². The minimum atomic E-state index is -0.365. The Kier molecular flexibility index (Phi) is 5.26. The number of fused-ring (bicyclic) bond motifs is 1. The number of ether oxygens (including phenoxy) is 1. The van der Waals surface area contributed by atoms with Crippen molar-refractivity contribution < 1.29 is 9.53 Å². The molecule has 1 aromatic heterocycles. The number of rotatable bonds is 4. The normalized spacial score (nSPS) is 17.0. The number of carbonyl (C=O) groups is 1. The van der Waals surface area contributed by atoms with Crippen molar-refractivity contribution in [3.63, 3.8) is 0 Å². The summed E-state index contributed by atoms with van der Waals surface area (Å²) in [6.45, 7) is 14.5. The summed E-state index contributed by atoms with van der Waals surface area (Å²) in [5.41, 5.74) is 6.17. The molecule has 0 saturated heterocycles. The minimum Gasteiger partial charge on any atom is -0.465 e. The highest BCUT2D eigenvalue weighted by molar-refractivity contribution is 5.89. The highest BCUT2D eigenvalue weighted by Gasteiger charge is 2.37. The molecule has 1 aromatic carbocycles. The average Bonchev–Trinajstić information content (AvgIpc) is 2.67. The molecule has 0 atom stereocenters. The third-order valence-corrected chi connectivity index (χ3v) is 6.22. The Bertz CT molecular complexity index is 882. The summed E-state index contributed by atoms with van der Waals surface area (Å²) in [7, 11) is 1.38. The second-order valence-electron chi connectivity index (χ2n) is 9.09. The fourth-order valence-electron chi connectivity index (χ4n) is 4.24. The summed E-state index contributed by atoms with van der Waals surface area (Å²) in [5.74, 6) is 0.474. The van der Waals surface area contributed by atoms with Crippen molar-refractivity contribution in [2.24, 2.45) is 0 Å². The second kappa shape index (κ2) is 7.23. The Balaban J connectivity index is 2.08. The number of anilines is 2. The molecule has 2 aromatic rings. The lowest BCUT2D eigenvalue weighted by Crippen LogP contribution is -2.34. The molecule has 0 saturated carbocycles. The van der Waals surface area contributed by atoms with Crippen LogP contribution in [0.3, 0.4) is 0 Å². The zero-order valence-electron chi connectivity index (χ0n) is 18.2. The van der Waals surface area contributed by atoms with Crippen LogP contribution in [-0.2, 0) is 15.6 Å². The molecule has 0 N–H and O–H groups in total. The Labute approximate surface area is 168 Å². The number of carbonyl (C=O) groups excluding carboxylic acids is 1. The highest BCUT2D eigenvalue weighted by Crippen LogP contribution is 2.48. The summed E-state index contributed by atoms with van der Waals surface area (Å²) in [4.78, 5) is 18.5. The van der Waals surface area contributed by atoms with Crippen molar-refractivity contribution in [3.05, 3.63) is 52.7 Å². The first-order valence-corrected chi connectivity index (χ1v) is 10.1. The molecule has 3 rings (SSSR count). The number of hydrogen-bond acceptors (Lipinski definition) is 4. The zero-order chi connectivity index (χ0) is 20.7. The van der Waals surface area contributed by atoms with Gasteiger partial charge in [0.25, 0.3) is 0 Å². The molecule has 28 heavy (non-hydrogen) atoms. The maximum absolute atomic E-state index is 11.7. The first-order valence-electron chi connectivity index (χ1n) is 10.1. The van der Waals surface area contributed by atoms with Crippen LogP contribution in [0.25, 0.3) is 0 Å². The van der Waals surface area contributed by atoms with E-state index in [1.165, 1.54) is 42.3 Å². The SMILES string of the molecule is CCN(c1ccc(C(=O)OC)cn1)c1cc2c(cc1C)C(C)(C)CCC2(C)C. The number of aryl methyl sites for hydroxylation is 1. The molecule has 0 aliphatic heterocycles. The predicted molar refractivity (Wildman–Crippen MR) is 115 cm³/mol. The summed E-state index contributed by atoms with van der Waals surface area (Å²) in [6, 6.07) is 8.41. The number of benzene rings is 1. The summed E-state index contributed by atoms with van der Waals surface area (Å²) in [5, 5.41) is 0. The van der Waals surface area contributed by atoms with Crippen LogP contribution in [0.1, 0.15) is 74.5 Å². The van der Waals surface area contributed by atoms with Crippen LogP contribution in [0.5, 0.6) is 0 Å². The Morgan fingerprint density at radius 3 is 2.21 bits per heavy atom. The minimum absolute atomic E-state index is 0.162. The maximum Gasteiger partial charge on any atom is 0.339 e. The zero-order valence-corrected chi connectivity index (χ0v) is 18.2. The highest BCUT2D eigenvalue weighted by atomic mass is 16.5.